The zero-order chi connectivity index (χ0) is 12.4. The number of carbonyl (C=O) groups is 2. The molecule has 0 radical (unpaired) electrons. The lowest BCUT2D eigenvalue weighted by Crippen LogP contribution is -2.32. The second-order valence-corrected chi connectivity index (χ2v) is 3.71. The molecule has 1 aliphatic heterocycles. The number of likely N-dealkylation sites (N-methyl/N-ethyl adjacent to an activating group) is 1. The topological polar surface area (TPSA) is 86.1 Å². The summed E-state index contributed by atoms with van der Waals surface area (Å²) in [5.41, 5.74) is 0.264. The molecule has 0 saturated carbocycles. The number of rotatable bonds is 2. The second-order valence-electron chi connectivity index (χ2n) is 3.71. The van der Waals surface area contributed by atoms with Gasteiger partial charge < -0.3 is 5.32 Å². The van der Waals surface area contributed by atoms with Gasteiger partial charge in [0.2, 0.25) is 5.91 Å². The first-order valence-corrected chi connectivity index (χ1v) is 5.06. The van der Waals surface area contributed by atoms with E-state index in [-0.39, 0.29) is 23.9 Å². The lowest BCUT2D eigenvalue weighted by molar-refractivity contribution is -0.136. The zero-order valence-electron chi connectivity index (χ0n) is 9.17. The maximum absolute atomic E-state index is 11.6. The van der Waals surface area contributed by atoms with Crippen LogP contribution in [0.3, 0.4) is 0 Å². The number of anilines is 1. The van der Waals surface area contributed by atoms with Gasteiger partial charge in [0.25, 0.3) is 5.91 Å². The monoisotopic (exact) mass is 230 g/mol. The largest absolute Gasteiger partial charge is 0.358 e. The van der Waals surface area contributed by atoms with Gasteiger partial charge in [0.05, 0.1) is 6.42 Å². The molecule has 1 unspecified atom stereocenters. The molecule has 0 aliphatic carbocycles. The fourth-order valence-corrected chi connectivity index (χ4v) is 1.62. The third-order valence-electron chi connectivity index (χ3n) is 2.57. The molecule has 1 aliphatic rings. The van der Waals surface area contributed by atoms with Crippen LogP contribution in [0.4, 0.5) is 5.82 Å². The summed E-state index contributed by atoms with van der Waals surface area (Å²) >= 11 is 0. The van der Waals surface area contributed by atoms with Crippen LogP contribution in [-0.2, 0) is 9.59 Å². The van der Waals surface area contributed by atoms with Crippen LogP contribution in [0.2, 0.25) is 0 Å². The Morgan fingerprint density at radius 1 is 1.53 bits per heavy atom. The molecule has 1 atom stereocenters. The number of nitriles is 1. The minimum atomic E-state index is -0.589. The SMILES string of the molecule is CN1C(=O)CC(Nc2cccc(C#N)n2)C1=O. The number of amides is 2. The molecule has 17 heavy (non-hydrogen) atoms. The van der Waals surface area contributed by atoms with Crippen LogP contribution in [-0.4, -0.2) is 34.8 Å². The lowest BCUT2D eigenvalue weighted by atomic mass is 10.2. The average Bonchev–Trinajstić information content (AvgIpc) is 2.57. The normalized spacial score (nSPS) is 19.3. The molecule has 1 fully saturated rings. The maximum Gasteiger partial charge on any atom is 0.251 e. The van der Waals surface area contributed by atoms with Crippen molar-refractivity contribution in [1.82, 2.24) is 9.88 Å². The summed E-state index contributed by atoms with van der Waals surface area (Å²) < 4.78 is 0. The van der Waals surface area contributed by atoms with Crippen LogP contribution in [0, 0.1) is 11.3 Å². The third-order valence-corrected chi connectivity index (χ3v) is 2.57. The van der Waals surface area contributed by atoms with Gasteiger partial charge in [0, 0.05) is 7.05 Å². The zero-order valence-corrected chi connectivity index (χ0v) is 9.17. The van der Waals surface area contributed by atoms with E-state index >= 15 is 0 Å². The minimum Gasteiger partial charge on any atom is -0.358 e. The van der Waals surface area contributed by atoms with E-state index in [9.17, 15) is 9.59 Å². The first-order valence-electron chi connectivity index (χ1n) is 5.06. The summed E-state index contributed by atoms with van der Waals surface area (Å²) in [6, 6.07) is 6.20. The predicted octanol–water partition coefficient (Wildman–Crippen LogP) is 0.122. The molecule has 2 amide bonds. The van der Waals surface area contributed by atoms with Crippen LogP contribution in [0.25, 0.3) is 0 Å². The number of hydrogen-bond acceptors (Lipinski definition) is 5. The van der Waals surface area contributed by atoms with Crippen molar-refractivity contribution in [3.8, 4) is 6.07 Å². The molecule has 0 bridgehead atoms. The van der Waals surface area contributed by atoms with Crippen LogP contribution in [0.5, 0.6) is 0 Å². The number of nitrogens with one attached hydrogen (secondary N) is 1. The molecule has 6 heteroatoms. The lowest BCUT2D eigenvalue weighted by Gasteiger charge is -2.11. The van der Waals surface area contributed by atoms with Gasteiger partial charge in [-0.3, -0.25) is 14.5 Å². The fourth-order valence-electron chi connectivity index (χ4n) is 1.62. The Morgan fingerprint density at radius 2 is 2.29 bits per heavy atom. The average molecular weight is 230 g/mol. The number of hydrogen-bond donors (Lipinski definition) is 1. The van der Waals surface area contributed by atoms with E-state index in [4.69, 9.17) is 5.26 Å². The molecule has 1 saturated heterocycles. The van der Waals surface area contributed by atoms with Gasteiger partial charge >= 0.3 is 0 Å². The van der Waals surface area contributed by atoms with Crippen LogP contribution in [0.15, 0.2) is 18.2 Å². The molecule has 86 valence electrons. The molecule has 0 spiro atoms. The Balaban J connectivity index is 2.14. The van der Waals surface area contributed by atoms with Gasteiger partial charge in [0.15, 0.2) is 0 Å². The molecule has 6 nitrogen and oxygen atoms in total. The smallest absolute Gasteiger partial charge is 0.251 e. The number of imide groups is 1. The maximum atomic E-state index is 11.6. The number of aromatic nitrogens is 1. The molecule has 2 heterocycles. The summed E-state index contributed by atoms with van der Waals surface area (Å²) in [5, 5.41) is 11.5. The van der Waals surface area contributed by atoms with Gasteiger partial charge in [-0.1, -0.05) is 6.07 Å². The van der Waals surface area contributed by atoms with Crippen molar-refractivity contribution < 1.29 is 9.59 Å². The highest BCUT2D eigenvalue weighted by molar-refractivity contribution is 6.06. The Hall–Kier alpha value is -2.42. The van der Waals surface area contributed by atoms with Crippen molar-refractivity contribution in [3.63, 3.8) is 0 Å². The number of pyridine rings is 1. The molecule has 1 aromatic heterocycles. The first kappa shape index (κ1) is 11.1. The van der Waals surface area contributed by atoms with Crippen molar-refractivity contribution in [2.24, 2.45) is 0 Å². The van der Waals surface area contributed by atoms with Crippen molar-refractivity contribution >= 4 is 17.6 Å². The van der Waals surface area contributed by atoms with Gasteiger partial charge in [0.1, 0.15) is 23.6 Å². The summed E-state index contributed by atoms with van der Waals surface area (Å²) in [6.07, 6.45) is 0.119. The number of carbonyl (C=O) groups excluding carboxylic acids is 2. The van der Waals surface area contributed by atoms with E-state index in [1.165, 1.54) is 7.05 Å². The van der Waals surface area contributed by atoms with Gasteiger partial charge in [-0.25, -0.2) is 4.98 Å². The predicted molar refractivity (Wildman–Crippen MR) is 58.8 cm³/mol. The molecule has 1 aromatic rings. The highest BCUT2D eigenvalue weighted by Gasteiger charge is 2.36. The van der Waals surface area contributed by atoms with Crippen molar-refractivity contribution in [2.45, 2.75) is 12.5 Å². The summed E-state index contributed by atoms with van der Waals surface area (Å²) in [7, 11) is 1.45. The molecule has 2 rings (SSSR count). The van der Waals surface area contributed by atoms with Gasteiger partial charge in [-0.05, 0) is 12.1 Å². The Bertz CT molecular complexity index is 520. The van der Waals surface area contributed by atoms with E-state index in [2.05, 4.69) is 10.3 Å². The Labute approximate surface area is 97.9 Å². The Kier molecular flexibility index (Phi) is 2.75. The summed E-state index contributed by atoms with van der Waals surface area (Å²) in [5.74, 6) is -0.0754. The number of likely N-dealkylation sites (tertiary alicyclic amines) is 1. The van der Waals surface area contributed by atoms with Gasteiger partial charge in [-0.15, -0.1) is 0 Å². The van der Waals surface area contributed by atoms with Crippen molar-refractivity contribution in [2.75, 3.05) is 12.4 Å². The summed E-state index contributed by atoms with van der Waals surface area (Å²) in [6.45, 7) is 0. The van der Waals surface area contributed by atoms with E-state index in [1.807, 2.05) is 6.07 Å². The first-order chi connectivity index (χ1) is 8.11. The van der Waals surface area contributed by atoms with Crippen molar-refractivity contribution in [1.29, 1.82) is 5.26 Å². The molecule has 0 aromatic carbocycles. The standard InChI is InChI=1S/C11H10N4O2/c1-15-10(16)5-8(11(15)17)14-9-4-2-3-7(6-12)13-9/h2-4,8H,5H2,1H3,(H,13,14). The van der Waals surface area contributed by atoms with E-state index in [0.29, 0.717) is 5.82 Å². The third kappa shape index (κ3) is 2.08. The fraction of sp³-hybridized carbons (Fsp3) is 0.273. The second kappa shape index (κ2) is 4.22. The molecular weight excluding hydrogens is 220 g/mol. The highest BCUT2D eigenvalue weighted by Crippen LogP contribution is 2.15. The Morgan fingerprint density at radius 3 is 2.88 bits per heavy atom. The van der Waals surface area contributed by atoms with Gasteiger partial charge in [-0.2, -0.15) is 5.26 Å². The number of nitrogens with zero attached hydrogens (tertiary/aromatic N) is 3. The highest BCUT2D eigenvalue weighted by atomic mass is 16.2. The quantitative estimate of drug-likeness (QED) is 0.729. The van der Waals surface area contributed by atoms with E-state index < -0.39 is 6.04 Å². The molecule has 1 N–H and O–H groups in total. The molecular formula is C11H10N4O2. The van der Waals surface area contributed by atoms with Crippen molar-refractivity contribution in [3.05, 3.63) is 23.9 Å². The van der Waals surface area contributed by atoms with Crippen LogP contribution < -0.4 is 5.32 Å². The van der Waals surface area contributed by atoms with Crippen LogP contribution >= 0.6 is 0 Å². The minimum absolute atomic E-state index is 0.119. The van der Waals surface area contributed by atoms with E-state index in [0.717, 1.165) is 4.90 Å². The van der Waals surface area contributed by atoms with Crippen LogP contribution in [0.1, 0.15) is 12.1 Å². The summed E-state index contributed by atoms with van der Waals surface area (Å²) in [4.78, 5) is 28.0. The van der Waals surface area contributed by atoms with E-state index in [1.54, 1.807) is 18.2 Å².